The highest BCUT2D eigenvalue weighted by molar-refractivity contribution is 5.93. The van der Waals surface area contributed by atoms with Crippen molar-refractivity contribution in [3.63, 3.8) is 0 Å². The summed E-state index contributed by atoms with van der Waals surface area (Å²) in [6.07, 6.45) is 7.00. The lowest BCUT2D eigenvalue weighted by Gasteiger charge is -2.14. The number of methoxy groups -OCH3 is 4. The predicted octanol–water partition coefficient (Wildman–Crippen LogP) is 4.28. The lowest BCUT2D eigenvalue weighted by atomic mass is 9.99. The van der Waals surface area contributed by atoms with E-state index in [0.717, 1.165) is 11.1 Å². The van der Waals surface area contributed by atoms with E-state index in [4.69, 9.17) is 18.9 Å². The summed E-state index contributed by atoms with van der Waals surface area (Å²) in [5.41, 5.74) is 2.18. The Morgan fingerprint density at radius 2 is 1.55 bits per heavy atom. The van der Waals surface area contributed by atoms with E-state index < -0.39 is 0 Å². The Hall–Kier alpha value is -3.41. The Morgan fingerprint density at radius 3 is 2.07 bits per heavy atom. The van der Waals surface area contributed by atoms with Crippen LogP contribution in [0.1, 0.15) is 23.6 Å². The molecule has 2 aromatic rings. The summed E-state index contributed by atoms with van der Waals surface area (Å²) in [4.78, 5) is 12.2. The maximum Gasteiger partial charge on any atom is 0.203 e. The van der Waals surface area contributed by atoms with E-state index in [-0.39, 0.29) is 23.7 Å². The lowest BCUT2D eigenvalue weighted by Crippen LogP contribution is -2.03. The molecule has 0 aliphatic heterocycles. The van der Waals surface area contributed by atoms with Crippen LogP contribution in [-0.4, -0.2) is 39.3 Å². The average molecular weight is 398 g/mol. The predicted molar refractivity (Wildman–Crippen MR) is 113 cm³/mol. The Balaban J connectivity index is 2.51. The monoisotopic (exact) mass is 398 g/mol. The summed E-state index contributed by atoms with van der Waals surface area (Å²) in [6.45, 7) is 1.78. The molecule has 6 heteroatoms. The van der Waals surface area contributed by atoms with E-state index >= 15 is 0 Å². The SMILES string of the molecule is C/C=C/C(=O)Cc1c(/C=C\c2cc(OC)c(OC)c(OC)c2)ccc(O)c1OC. The van der Waals surface area contributed by atoms with Crippen molar-refractivity contribution >= 4 is 17.9 Å². The van der Waals surface area contributed by atoms with Gasteiger partial charge in [-0.25, -0.2) is 0 Å². The quantitative estimate of drug-likeness (QED) is 0.502. The van der Waals surface area contributed by atoms with E-state index in [0.29, 0.717) is 22.8 Å². The summed E-state index contributed by atoms with van der Waals surface area (Å²) in [5, 5.41) is 10.1. The molecule has 0 aliphatic carbocycles. The van der Waals surface area contributed by atoms with Crippen LogP contribution in [0.4, 0.5) is 0 Å². The molecule has 0 atom stereocenters. The van der Waals surface area contributed by atoms with E-state index in [1.807, 2.05) is 24.3 Å². The van der Waals surface area contributed by atoms with Crippen LogP contribution in [-0.2, 0) is 11.2 Å². The summed E-state index contributed by atoms with van der Waals surface area (Å²) in [7, 11) is 6.12. The highest BCUT2D eigenvalue weighted by atomic mass is 16.5. The molecule has 0 saturated heterocycles. The van der Waals surface area contributed by atoms with Gasteiger partial charge in [-0.3, -0.25) is 4.79 Å². The number of ether oxygens (including phenoxy) is 4. The number of allylic oxidation sites excluding steroid dienone is 2. The van der Waals surface area contributed by atoms with Crippen LogP contribution < -0.4 is 18.9 Å². The molecule has 0 fully saturated rings. The first-order valence-electron chi connectivity index (χ1n) is 9.01. The number of carbonyl (C=O) groups is 1. The highest BCUT2D eigenvalue weighted by Gasteiger charge is 2.16. The fourth-order valence-corrected chi connectivity index (χ4v) is 3.00. The maximum atomic E-state index is 12.2. The molecule has 0 saturated carbocycles. The molecule has 0 amide bonds. The second-order valence-corrected chi connectivity index (χ2v) is 6.12. The minimum Gasteiger partial charge on any atom is -0.504 e. The van der Waals surface area contributed by atoms with Crippen LogP contribution in [0.3, 0.4) is 0 Å². The minimum absolute atomic E-state index is 0.0132. The summed E-state index contributed by atoms with van der Waals surface area (Å²) >= 11 is 0. The van der Waals surface area contributed by atoms with Gasteiger partial charge in [0.1, 0.15) is 0 Å². The molecule has 29 heavy (non-hydrogen) atoms. The Kier molecular flexibility index (Phi) is 7.71. The molecule has 154 valence electrons. The van der Waals surface area contributed by atoms with Gasteiger partial charge in [0.15, 0.2) is 28.8 Å². The number of ketones is 1. The second kappa shape index (κ2) is 10.2. The minimum atomic E-state index is -0.0844. The molecule has 0 radical (unpaired) electrons. The number of aromatic hydroxyl groups is 1. The van der Waals surface area contributed by atoms with Crippen molar-refractivity contribution in [2.24, 2.45) is 0 Å². The van der Waals surface area contributed by atoms with Gasteiger partial charge in [0, 0.05) is 12.0 Å². The topological polar surface area (TPSA) is 74.2 Å². The first-order chi connectivity index (χ1) is 14.0. The number of carbonyl (C=O) groups excluding carboxylic acids is 1. The molecule has 0 aromatic heterocycles. The van der Waals surface area contributed by atoms with Crippen LogP contribution in [0.2, 0.25) is 0 Å². The Morgan fingerprint density at radius 1 is 0.931 bits per heavy atom. The molecule has 1 N–H and O–H groups in total. The number of benzene rings is 2. The number of phenols is 1. The molecular weight excluding hydrogens is 372 g/mol. The highest BCUT2D eigenvalue weighted by Crippen LogP contribution is 2.39. The molecule has 0 unspecified atom stereocenters. The third kappa shape index (κ3) is 5.10. The van der Waals surface area contributed by atoms with Crippen LogP contribution in [0.5, 0.6) is 28.7 Å². The van der Waals surface area contributed by atoms with Gasteiger partial charge in [-0.15, -0.1) is 0 Å². The van der Waals surface area contributed by atoms with Gasteiger partial charge < -0.3 is 24.1 Å². The zero-order valence-electron chi connectivity index (χ0n) is 17.3. The van der Waals surface area contributed by atoms with Gasteiger partial charge in [0.2, 0.25) is 5.75 Å². The van der Waals surface area contributed by atoms with Crippen molar-refractivity contribution in [3.8, 4) is 28.7 Å². The van der Waals surface area contributed by atoms with Crippen LogP contribution in [0.25, 0.3) is 12.2 Å². The number of phenolic OH excluding ortho intramolecular Hbond substituents is 1. The van der Waals surface area contributed by atoms with Crippen LogP contribution >= 0.6 is 0 Å². The van der Waals surface area contributed by atoms with Gasteiger partial charge in [-0.1, -0.05) is 24.3 Å². The third-order valence-corrected chi connectivity index (χ3v) is 4.33. The fraction of sp³-hybridized carbons (Fsp3) is 0.261. The fourth-order valence-electron chi connectivity index (χ4n) is 3.00. The van der Waals surface area contributed by atoms with Crippen LogP contribution in [0, 0.1) is 0 Å². The molecule has 2 rings (SSSR count). The molecule has 0 heterocycles. The number of hydrogen-bond donors (Lipinski definition) is 1. The van der Waals surface area contributed by atoms with Crippen molar-refractivity contribution in [2.75, 3.05) is 28.4 Å². The third-order valence-electron chi connectivity index (χ3n) is 4.33. The van der Waals surface area contributed by atoms with Crippen molar-refractivity contribution in [1.29, 1.82) is 0 Å². The Bertz CT molecular complexity index is 902. The van der Waals surface area contributed by atoms with E-state index in [2.05, 4.69) is 0 Å². The first kappa shape index (κ1) is 21.9. The zero-order chi connectivity index (χ0) is 21.4. The van der Waals surface area contributed by atoms with Gasteiger partial charge in [-0.05, 0) is 42.3 Å². The maximum absolute atomic E-state index is 12.2. The van der Waals surface area contributed by atoms with Gasteiger partial charge >= 0.3 is 0 Å². The zero-order valence-corrected chi connectivity index (χ0v) is 17.3. The lowest BCUT2D eigenvalue weighted by molar-refractivity contribution is -0.114. The largest absolute Gasteiger partial charge is 0.504 e. The number of hydrogen-bond acceptors (Lipinski definition) is 6. The average Bonchev–Trinajstić information content (AvgIpc) is 2.72. The molecule has 6 nitrogen and oxygen atoms in total. The van der Waals surface area contributed by atoms with E-state index in [9.17, 15) is 9.90 Å². The molecule has 0 aliphatic rings. The first-order valence-corrected chi connectivity index (χ1v) is 9.01. The number of rotatable bonds is 9. The summed E-state index contributed by atoms with van der Waals surface area (Å²) in [6, 6.07) is 6.92. The van der Waals surface area contributed by atoms with Crippen molar-refractivity contribution in [1.82, 2.24) is 0 Å². The smallest absolute Gasteiger partial charge is 0.203 e. The van der Waals surface area contributed by atoms with Crippen molar-refractivity contribution < 1.29 is 28.8 Å². The van der Waals surface area contributed by atoms with Crippen LogP contribution in [0.15, 0.2) is 36.4 Å². The molecule has 0 bridgehead atoms. The van der Waals surface area contributed by atoms with Gasteiger partial charge in [0.25, 0.3) is 0 Å². The van der Waals surface area contributed by atoms with Gasteiger partial charge in [0.05, 0.1) is 28.4 Å². The molecule has 0 spiro atoms. The van der Waals surface area contributed by atoms with Crippen molar-refractivity contribution in [2.45, 2.75) is 13.3 Å². The summed E-state index contributed by atoms with van der Waals surface area (Å²) < 4.78 is 21.4. The normalized spacial score (nSPS) is 11.1. The second-order valence-electron chi connectivity index (χ2n) is 6.12. The summed E-state index contributed by atoms with van der Waals surface area (Å²) in [5.74, 6) is 1.78. The van der Waals surface area contributed by atoms with Gasteiger partial charge in [-0.2, -0.15) is 0 Å². The molecule has 2 aromatic carbocycles. The Labute approximate surface area is 171 Å². The van der Waals surface area contributed by atoms with Crippen molar-refractivity contribution in [3.05, 3.63) is 53.1 Å². The standard InChI is InChI=1S/C23H26O6/c1-6-7-17(24)14-18-16(10-11-19(25)22(18)28-4)9-8-15-12-20(26-2)23(29-5)21(13-15)27-3/h6-13,25H,14H2,1-5H3/b7-6+,9-8-. The van der Waals surface area contributed by atoms with E-state index in [1.54, 1.807) is 40.4 Å². The van der Waals surface area contributed by atoms with E-state index in [1.165, 1.54) is 19.3 Å². The molecular formula is C23H26O6.